The minimum absolute atomic E-state index is 0.0618. The van der Waals surface area contributed by atoms with Crippen LogP contribution in [0.3, 0.4) is 0 Å². The maximum atomic E-state index is 11.9. The molecule has 1 aromatic rings. The van der Waals surface area contributed by atoms with Gasteiger partial charge in [-0.2, -0.15) is 0 Å². The molecule has 0 aliphatic carbocycles. The van der Waals surface area contributed by atoms with Crippen molar-refractivity contribution >= 4 is 39.0 Å². The molecule has 3 nitrogen and oxygen atoms in total. The van der Waals surface area contributed by atoms with Gasteiger partial charge in [0.1, 0.15) is 0 Å². The van der Waals surface area contributed by atoms with E-state index >= 15 is 0 Å². The Morgan fingerprint density at radius 3 is 2.65 bits per heavy atom. The molecular weight excluding hydrogens is 300 g/mol. The maximum Gasteiger partial charge on any atom is 0.232 e. The molecule has 0 heterocycles. The second-order valence-electron chi connectivity index (χ2n) is 3.91. The van der Waals surface area contributed by atoms with E-state index in [1.54, 1.807) is 18.9 Å². The van der Waals surface area contributed by atoms with Gasteiger partial charge >= 0.3 is 0 Å². The van der Waals surface area contributed by atoms with Gasteiger partial charge in [0.25, 0.3) is 0 Å². The second kappa shape index (κ2) is 6.12. The van der Waals surface area contributed by atoms with E-state index in [0.29, 0.717) is 6.54 Å². The predicted molar refractivity (Wildman–Crippen MR) is 76.6 cm³/mol. The number of nitrogens with two attached hydrogens (primary N) is 1. The maximum absolute atomic E-state index is 11.9. The number of rotatable bonds is 4. The lowest BCUT2D eigenvalue weighted by atomic mass is 10.1. The number of carbonyl (C=O) groups is 1. The second-order valence-corrected chi connectivity index (χ2v) is 5.24. The van der Waals surface area contributed by atoms with Crippen LogP contribution in [0.25, 0.3) is 0 Å². The summed E-state index contributed by atoms with van der Waals surface area (Å²) in [7, 11) is 1.75. The molecule has 0 aliphatic heterocycles. The molecule has 1 amide bonds. The van der Waals surface area contributed by atoms with Crippen molar-refractivity contribution in [2.75, 3.05) is 7.05 Å². The van der Waals surface area contributed by atoms with Gasteiger partial charge in [0, 0.05) is 18.1 Å². The molecule has 0 aliphatic rings. The highest BCUT2D eigenvalue weighted by Gasteiger charge is 2.20. The SMILES string of the molecule is CC(C(=O)N(C)Cc1ccccc1Br)C(N)=S. The first kappa shape index (κ1) is 14.1. The number of carbonyl (C=O) groups excluding carboxylic acids is 1. The third kappa shape index (κ3) is 3.78. The summed E-state index contributed by atoms with van der Waals surface area (Å²) in [5.41, 5.74) is 6.53. The highest BCUT2D eigenvalue weighted by atomic mass is 79.9. The Balaban J connectivity index is 2.73. The smallest absolute Gasteiger partial charge is 0.232 e. The number of hydrogen-bond donors (Lipinski definition) is 1. The quantitative estimate of drug-likeness (QED) is 0.868. The average Bonchev–Trinajstić information content (AvgIpc) is 2.30. The van der Waals surface area contributed by atoms with Crippen molar-refractivity contribution in [1.82, 2.24) is 4.90 Å². The molecule has 0 radical (unpaired) electrons. The average molecular weight is 315 g/mol. The first-order chi connectivity index (χ1) is 7.93. The van der Waals surface area contributed by atoms with E-state index in [2.05, 4.69) is 15.9 Å². The van der Waals surface area contributed by atoms with Gasteiger partial charge in [0.05, 0.1) is 10.9 Å². The van der Waals surface area contributed by atoms with Crippen LogP contribution in [0, 0.1) is 5.92 Å². The molecule has 0 aromatic heterocycles. The normalized spacial score (nSPS) is 11.9. The van der Waals surface area contributed by atoms with E-state index in [-0.39, 0.29) is 10.9 Å². The van der Waals surface area contributed by atoms with E-state index in [9.17, 15) is 4.79 Å². The summed E-state index contributed by atoms with van der Waals surface area (Å²) in [5.74, 6) is -0.481. The molecule has 1 unspecified atom stereocenters. The Morgan fingerprint density at radius 2 is 2.12 bits per heavy atom. The van der Waals surface area contributed by atoms with Crippen molar-refractivity contribution in [2.24, 2.45) is 11.7 Å². The predicted octanol–water partition coefficient (Wildman–Crippen LogP) is 2.33. The lowest BCUT2D eigenvalue weighted by Gasteiger charge is -2.21. The van der Waals surface area contributed by atoms with Gasteiger partial charge in [-0.1, -0.05) is 46.3 Å². The minimum Gasteiger partial charge on any atom is -0.393 e. The Kier molecular flexibility index (Phi) is 5.08. The fourth-order valence-electron chi connectivity index (χ4n) is 1.41. The van der Waals surface area contributed by atoms with Crippen molar-refractivity contribution in [3.8, 4) is 0 Å². The summed E-state index contributed by atoms with van der Waals surface area (Å²) in [6.45, 7) is 2.26. The van der Waals surface area contributed by atoms with Crippen molar-refractivity contribution in [2.45, 2.75) is 13.5 Å². The standard InChI is InChI=1S/C12H15BrN2OS/c1-8(11(14)17)12(16)15(2)7-9-5-3-4-6-10(9)13/h3-6,8H,7H2,1-2H3,(H2,14,17). The van der Waals surface area contributed by atoms with Crippen LogP contribution in [-0.4, -0.2) is 22.8 Å². The van der Waals surface area contributed by atoms with Crippen LogP contribution in [0.2, 0.25) is 0 Å². The van der Waals surface area contributed by atoms with Crippen LogP contribution in [0.15, 0.2) is 28.7 Å². The number of halogens is 1. The summed E-state index contributed by atoms with van der Waals surface area (Å²) in [6, 6.07) is 7.80. The molecule has 0 saturated heterocycles. The highest BCUT2D eigenvalue weighted by molar-refractivity contribution is 9.10. The Bertz CT molecular complexity index is 436. The molecule has 2 N–H and O–H groups in total. The molecule has 1 rings (SSSR count). The third-order valence-corrected chi connectivity index (χ3v) is 3.67. The molecule has 5 heteroatoms. The Hall–Kier alpha value is -0.940. The summed E-state index contributed by atoms with van der Waals surface area (Å²) >= 11 is 8.28. The first-order valence-corrected chi connectivity index (χ1v) is 6.41. The molecule has 1 atom stereocenters. The van der Waals surface area contributed by atoms with E-state index in [4.69, 9.17) is 18.0 Å². The van der Waals surface area contributed by atoms with E-state index in [0.717, 1.165) is 10.0 Å². The van der Waals surface area contributed by atoms with Gasteiger partial charge in [-0.25, -0.2) is 0 Å². The van der Waals surface area contributed by atoms with Gasteiger partial charge in [0.15, 0.2) is 0 Å². The number of thiocarbonyl (C=S) groups is 1. The van der Waals surface area contributed by atoms with Crippen molar-refractivity contribution in [3.63, 3.8) is 0 Å². The molecule has 0 fully saturated rings. The summed E-state index contributed by atoms with van der Waals surface area (Å²) in [5, 5.41) is 0. The molecule has 0 spiro atoms. The fraction of sp³-hybridized carbons (Fsp3) is 0.333. The molecule has 92 valence electrons. The van der Waals surface area contributed by atoms with Gasteiger partial charge in [-0.3, -0.25) is 4.79 Å². The van der Waals surface area contributed by atoms with E-state index in [1.165, 1.54) is 0 Å². The third-order valence-electron chi connectivity index (χ3n) is 2.54. The monoisotopic (exact) mass is 314 g/mol. The first-order valence-electron chi connectivity index (χ1n) is 5.21. The van der Waals surface area contributed by atoms with Crippen molar-refractivity contribution in [1.29, 1.82) is 0 Å². The Morgan fingerprint density at radius 1 is 1.53 bits per heavy atom. The van der Waals surface area contributed by atoms with E-state index in [1.807, 2.05) is 24.3 Å². The van der Waals surface area contributed by atoms with Crippen LogP contribution in [-0.2, 0) is 11.3 Å². The van der Waals surface area contributed by atoms with Crippen LogP contribution >= 0.6 is 28.1 Å². The Labute approximate surface area is 115 Å². The largest absolute Gasteiger partial charge is 0.393 e. The van der Waals surface area contributed by atoms with Crippen LogP contribution in [0.1, 0.15) is 12.5 Å². The molecule has 0 saturated carbocycles. The number of nitrogens with zero attached hydrogens (tertiary/aromatic N) is 1. The molecule has 0 bridgehead atoms. The number of hydrogen-bond acceptors (Lipinski definition) is 2. The van der Waals surface area contributed by atoms with Gasteiger partial charge in [-0.05, 0) is 18.6 Å². The highest BCUT2D eigenvalue weighted by Crippen LogP contribution is 2.18. The summed E-state index contributed by atoms with van der Waals surface area (Å²) in [4.78, 5) is 13.8. The van der Waals surface area contributed by atoms with Crippen molar-refractivity contribution in [3.05, 3.63) is 34.3 Å². The van der Waals surface area contributed by atoms with Crippen molar-refractivity contribution < 1.29 is 4.79 Å². The van der Waals surface area contributed by atoms with Gasteiger partial charge in [-0.15, -0.1) is 0 Å². The van der Waals surface area contributed by atoms with Gasteiger partial charge in [0.2, 0.25) is 5.91 Å². The van der Waals surface area contributed by atoms with Crippen LogP contribution in [0.5, 0.6) is 0 Å². The van der Waals surface area contributed by atoms with E-state index < -0.39 is 5.92 Å². The summed E-state index contributed by atoms with van der Waals surface area (Å²) < 4.78 is 0.989. The summed E-state index contributed by atoms with van der Waals surface area (Å²) in [6.07, 6.45) is 0. The fourth-order valence-corrected chi connectivity index (χ4v) is 1.92. The van der Waals surface area contributed by atoms with Crippen LogP contribution < -0.4 is 5.73 Å². The van der Waals surface area contributed by atoms with Crippen LogP contribution in [0.4, 0.5) is 0 Å². The topological polar surface area (TPSA) is 46.3 Å². The lowest BCUT2D eigenvalue weighted by Crippen LogP contribution is -2.37. The number of amides is 1. The molecule has 17 heavy (non-hydrogen) atoms. The van der Waals surface area contributed by atoms with Gasteiger partial charge < -0.3 is 10.6 Å². The lowest BCUT2D eigenvalue weighted by molar-refractivity contribution is -0.132. The molecule has 1 aromatic carbocycles. The molecular formula is C12H15BrN2OS. The zero-order valence-corrected chi connectivity index (χ0v) is 12.2. The minimum atomic E-state index is -0.419. The zero-order chi connectivity index (χ0) is 13.0. The zero-order valence-electron chi connectivity index (χ0n) is 9.81. The number of benzene rings is 1.